The van der Waals surface area contributed by atoms with Gasteiger partial charge in [0.2, 0.25) is 15.9 Å². The Balaban J connectivity index is 1.77. The van der Waals surface area contributed by atoms with E-state index < -0.39 is 14.9 Å². The third kappa shape index (κ3) is 4.95. The van der Waals surface area contributed by atoms with Gasteiger partial charge in [0.05, 0.1) is 18.5 Å². The fraction of sp³-hybridized carbons (Fsp3) is 0.350. The molecule has 30 heavy (non-hydrogen) atoms. The van der Waals surface area contributed by atoms with Gasteiger partial charge in [0, 0.05) is 30.9 Å². The van der Waals surface area contributed by atoms with Crippen LogP contribution < -0.4 is 10.1 Å². The molecule has 1 N–H and O–H groups in total. The molecule has 1 saturated heterocycles. The van der Waals surface area contributed by atoms with E-state index in [0.717, 1.165) is 19.3 Å². The van der Waals surface area contributed by atoms with Crippen molar-refractivity contribution in [3.05, 3.63) is 58.1 Å². The lowest BCUT2D eigenvalue weighted by Gasteiger charge is -2.26. The first-order valence-corrected chi connectivity index (χ1v) is 11.0. The van der Waals surface area contributed by atoms with E-state index in [9.17, 15) is 23.3 Å². The first-order valence-electron chi connectivity index (χ1n) is 9.52. The Bertz CT molecular complexity index is 1030. The molecule has 0 spiro atoms. The van der Waals surface area contributed by atoms with Crippen molar-refractivity contribution in [2.24, 2.45) is 0 Å². The van der Waals surface area contributed by atoms with E-state index in [0.29, 0.717) is 24.3 Å². The van der Waals surface area contributed by atoms with Crippen LogP contribution in [0.2, 0.25) is 0 Å². The van der Waals surface area contributed by atoms with Crippen LogP contribution in [0.5, 0.6) is 5.75 Å². The number of nitrogens with one attached hydrogen (secondary N) is 1. The maximum atomic E-state index is 13.1. The number of sulfonamides is 1. The molecule has 1 amide bonds. The Morgan fingerprint density at radius 2 is 1.80 bits per heavy atom. The number of anilines is 1. The molecule has 9 nitrogen and oxygen atoms in total. The molecule has 2 aromatic rings. The number of rotatable bonds is 7. The van der Waals surface area contributed by atoms with Gasteiger partial charge in [-0.25, -0.2) is 8.42 Å². The Morgan fingerprint density at radius 1 is 1.13 bits per heavy atom. The monoisotopic (exact) mass is 433 g/mol. The molecule has 0 bridgehead atoms. The molecule has 1 aliphatic rings. The Kier molecular flexibility index (Phi) is 6.68. The number of nitrogens with zero attached hydrogens (tertiary/aromatic N) is 2. The third-order valence-corrected chi connectivity index (χ3v) is 6.81. The molecule has 0 aliphatic carbocycles. The summed E-state index contributed by atoms with van der Waals surface area (Å²) < 4.78 is 32.8. The number of piperidine rings is 1. The topological polar surface area (TPSA) is 119 Å². The van der Waals surface area contributed by atoms with Crippen LogP contribution in [0.4, 0.5) is 11.4 Å². The average molecular weight is 433 g/mol. The molecule has 3 rings (SSSR count). The molecule has 0 aromatic heterocycles. The van der Waals surface area contributed by atoms with Crippen LogP contribution in [0.25, 0.3) is 0 Å². The second-order valence-corrected chi connectivity index (χ2v) is 8.89. The number of carbonyl (C=O) groups excluding carboxylic acids is 1. The van der Waals surface area contributed by atoms with Crippen LogP contribution in [-0.2, 0) is 21.2 Å². The number of hydrogen-bond acceptors (Lipinski definition) is 6. The largest absolute Gasteiger partial charge is 0.495 e. The fourth-order valence-corrected chi connectivity index (χ4v) is 5.03. The highest BCUT2D eigenvalue weighted by molar-refractivity contribution is 7.89. The van der Waals surface area contributed by atoms with E-state index in [1.165, 1.54) is 47.8 Å². The zero-order valence-electron chi connectivity index (χ0n) is 16.5. The number of nitro benzene ring substituents is 1. The Hall–Kier alpha value is -2.98. The van der Waals surface area contributed by atoms with E-state index in [1.807, 2.05) is 0 Å². The van der Waals surface area contributed by atoms with Gasteiger partial charge in [0.1, 0.15) is 10.6 Å². The number of nitro groups is 1. The molecule has 0 unspecified atom stereocenters. The summed E-state index contributed by atoms with van der Waals surface area (Å²) in [6.07, 6.45) is 2.63. The summed E-state index contributed by atoms with van der Waals surface area (Å²) in [4.78, 5) is 22.6. The lowest BCUT2D eigenvalue weighted by atomic mass is 10.1. The average Bonchev–Trinajstić information content (AvgIpc) is 2.74. The molecule has 160 valence electrons. The Labute approximate surface area is 174 Å². The molecule has 1 fully saturated rings. The maximum Gasteiger partial charge on any atom is 0.269 e. The molecular weight excluding hydrogens is 410 g/mol. The van der Waals surface area contributed by atoms with Crippen LogP contribution >= 0.6 is 0 Å². The molecule has 2 aromatic carbocycles. The quantitative estimate of drug-likeness (QED) is 0.530. The van der Waals surface area contributed by atoms with Crippen molar-refractivity contribution >= 4 is 27.3 Å². The van der Waals surface area contributed by atoms with Gasteiger partial charge < -0.3 is 10.1 Å². The summed E-state index contributed by atoms with van der Waals surface area (Å²) in [5.41, 5.74) is 0.882. The minimum Gasteiger partial charge on any atom is -0.495 e. The summed E-state index contributed by atoms with van der Waals surface area (Å²) in [5, 5.41) is 13.4. The number of ether oxygens (including phenoxy) is 1. The van der Waals surface area contributed by atoms with Gasteiger partial charge in [-0.1, -0.05) is 18.6 Å². The first kappa shape index (κ1) is 21.7. The molecule has 0 atom stereocenters. The number of non-ortho nitro benzene ring substituents is 1. The smallest absolute Gasteiger partial charge is 0.269 e. The van der Waals surface area contributed by atoms with Crippen molar-refractivity contribution in [3.8, 4) is 5.75 Å². The third-order valence-electron chi connectivity index (χ3n) is 4.89. The van der Waals surface area contributed by atoms with Crippen molar-refractivity contribution in [3.63, 3.8) is 0 Å². The minimum absolute atomic E-state index is 0.00175. The van der Waals surface area contributed by atoms with E-state index in [-0.39, 0.29) is 28.7 Å². The molecule has 0 radical (unpaired) electrons. The van der Waals surface area contributed by atoms with Crippen LogP contribution in [0.1, 0.15) is 24.8 Å². The highest BCUT2D eigenvalue weighted by atomic mass is 32.2. The van der Waals surface area contributed by atoms with E-state index in [1.54, 1.807) is 6.07 Å². The van der Waals surface area contributed by atoms with E-state index >= 15 is 0 Å². The van der Waals surface area contributed by atoms with Gasteiger partial charge >= 0.3 is 0 Å². The molecule has 1 aliphatic heterocycles. The minimum atomic E-state index is -3.74. The lowest BCUT2D eigenvalue weighted by Crippen LogP contribution is -2.35. The van der Waals surface area contributed by atoms with Gasteiger partial charge in [0.15, 0.2) is 0 Å². The summed E-state index contributed by atoms with van der Waals surface area (Å²) in [6, 6.07) is 10.2. The van der Waals surface area contributed by atoms with Crippen LogP contribution in [-0.4, -0.2) is 43.8 Å². The predicted molar refractivity (Wildman–Crippen MR) is 111 cm³/mol. The molecule has 1 heterocycles. The Morgan fingerprint density at radius 3 is 2.40 bits per heavy atom. The van der Waals surface area contributed by atoms with Crippen molar-refractivity contribution in [1.82, 2.24) is 4.31 Å². The number of hydrogen-bond donors (Lipinski definition) is 1. The van der Waals surface area contributed by atoms with Crippen LogP contribution in [0.3, 0.4) is 0 Å². The SMILES string of the molecule is COc1ccc(NC(=O)Cc2ccc([N+](=O)[O-])cc2)cc1S(=O)(=O)N1CCCCC1. The summed E-state index contributed by atoms with van der Waals surface area (Å²) in [5.74, 6) is -0.149. The molecule has 10 heteroatoms. The lowest BCUT2D eigenvalue weighted by molar-refractivity contribution is -0.384. The first-order chi connectivity index (χ1) is 14.3. The highest BCUT2D eigenvalue weighted by Gasteiger charge is 2.29. The van der Waals surface area contributed by atoms with Crippen LogP contribution in [0, 0.1) is 10.1 Å². The maximum absolute atomic E-state index is 13.1. The second-order valence-electron chi connectivity index (χ2n) is 6.98. The van der Waals surface area contributed by atoms with Crippen molar-refractivity contribution < 1.29 is 22.9 Å². The van der Waals surface area contributed by atoms with E-state index in [2.05, 4.69) is 5.32 Å². The van der Waals surface area contributed by atoms with Gasteiger partial charge in [0.25, 0.3) is 5.69 Å². The zero-order chi connectivity index (χ0) is 21.7. The number of methoxy groups -OCH3 is 1. The number of benzene rings is 2. The molecular formula is C20H23N3O6S. The normalized spacial score (nSPS) is 14.8. The van der Waals surface area contributed by atoms with Gasteiger partial charge in [-0.3, -0.25) is 14.9 Å². The standard InChI is InChI=1S/C20H23N3O6S/c1-29-18-10-7-16(14-19(18)30(27,28)22-11-3-2-4-12-22)21-20(24)13-15-5-8-17(9-6-15)23(25)26/h5-10,14H,2-4,11-13H2,1H3,(H,21,24). The van der Waals surface area contributed by atoms with Gasteiger partial charge in [-0.05, 0) is 36.6 Å². The van der Waals surface area contributed by atoms with Crippen molar-refractivity contribution in [2.45, 2.75) is 30.6 Å². The predicted octanol–water partition coefficient (Wildman–Crippen LogP) is 2.96. The summed E-state index contributed by atoms with van der Waals surface area (Å²) in [7, 11) is -2.34. The van der Waals surface area contributed by atoms with Crippen molar-refractivity contribution in [1.29, 1.82) is 0 Å². The summed E-state index contributed by atoms with van der Waals surface area (Å²) >= 11 is 0. The van der Waals surface area contributed by atoms with Crippen LogP contribution in [0.15, 0.2) is 47.4 Å². The summed E-state index contributed by atoms with van der Waals surface area (Å²) in [6.45, 7) is 0.921. The number of carbonyl (C=O) groups is 1. The van der Waals surface area contributed by atoms with E-state index in [4.69, 9.17) is 4.74 Å². The zero-order valence-corrected chi connectivity index (χ0v) is 17.4. The fourth-order valence-electron chi connectivity index (χ4n) is 3.33. The highest BCUT2D eigenvalue weighted by Crippen LogP contribution is 2.31. The van der Waals surface area contributed by atoms with Crippen molar-refractivity contribution in [2.75, 3.05) is 25.5 Å². The number of amides is 1. The van der Waals surface area contributed by atoms with Gasteiger partial charge in [-0.15, -0.1) is 0 Å². The van der Waals surface area contributed by atoms with Gasteiger partial charge in [-0.2, -0.15) is 4.31 Å². The second kappa shape index (κ2) is 9.23. The molecule has 0 saturated carbocycles.